The highest BCUT2D eigenvalue weighted by molar-refractivity contribution is 6.33. The van der Waals surface area contributed by atoms with Gasteiger partial charge in [-0.15, -0.1) is 0 Å². The number of benzene rings is 3. The fourth-order valence-electron chi connectivity index (χ4n) is 4.14. The molecule has 0 saturated heterocycles. The SMILES string of the molecule is CCNC1(c2ccccc2Cl)C(=O)N(c2ccccc2C(=O)OC)c2ccc(Cl)cc21. The van der Waals surface area contributed by atoms with Gasteiger partial charge in [0.1, 0.15) is 0 Å². The Kier molecular flexibility index (Phi) is 5.75. The number of fused-ring (bicyclic) bond motifs is 1. The minimum absolute atomic E-state index is 0.281. The second-order valence-corrected chi connectivity index (χ2v) is 7.91. The van der Waals surface area contributed by atoms with E-state index >= 15 is 0 Å². The van der Waals surface area contributed by atoms with E-state index in [1.165, 1.54) is 12.0 Å². The van der Waals surface area contributed by atoms with E-state index < -0.39 is 11.5 Å². The van der Waals surface area contributed by atoms with Crippen LogP contribution in [0.4, 0.5) is 11.4 Å². The number of hydrogen-bond donors (Lipinski definition) is 1. The number of halogens is 2. The van der Waals surface area contributed by atoms with Gasteiger partial charge in [0.05, 0.1) is 24.0 Å². The van der Waals surface area contributed by atoms with Crippen molar-refractivity contribution in [1.29, 1.82) is 0 Å². The van der Waals surface area contributed by atoms with E-state index in [9.17, 15) is 9.59 Å². The van der Waals surface area contributed by atoms with E-state index in [4.69, 9.17) is 27.9 Å². The van der Waals surface area contributed by atoms with Crippen LogP contribution in [0.25, 0.3) is 0 Å². The van der Waals surface area contributed by atoms with Crippen LogP contribution in [-0.2, 0) is 15.1 Å². The molecule has 1 amide bonds. The first-order valence-electron chi connectivity index (χ1n) is 9.77. The number of hydrogen-bond acceptors (Lipinski definition) is 4. The number of ether oxygens (including phenoxy) is 1. The molecule has 4 rings (SSSR count). The second-order valence-electron chi connectivity index (χ2n) is 7.07. The first-order valence-corrected chi connectivity index (χ1v) is 10.5. The van der Waals surface area contributed by atoms with Gasteiger partial charge >= 0.3 is 5.97 Å². The average Bonchev–Trinajstić information content (AvgIpc) is 3.01. The third-order valence-electron chi connectivity index (χ3n) is 5.40. The maximum absolute atomic E-state index is 14.2. The van der Waals surface area contributed by atoms with Gasteiger partial charge < -0.3 is 4.74 Å². The second kappa shape index (κ2) is 8.35. The third kappa shape index (κ3) is 3.30. The fourth-order valence-corrected chi connectivity index (χ4v) is 4.59. The van der Waals surface area contributed by atoms with E-state index in [2.05, 4.69) is 5.32 Å². The van der Waals surface area contributed by atoms with E-state index in [1.807, 2.05) is 25.1 Å². The number of rotatable bonds is 5. The van der Waals surface area contributed by atoms with Crippen molar-refractivity contribution in [2.45, 2.75) is 12.5 Å². The zero-order valence-electron chi connectivity index (χ0n) is 17.0. The average molecular weight is 455 g/mol. The summed E-state index contributed by atoms with van der Waals surface area (Å²) in [6, 6.07) is 19.3. The van der Waals surface area contributed by atoms with Gasteiger partial charge in [0.25, 0.3) is 5.91 Å². The van der Waals surface area contributed by atoms with Gasteiger partial charge in [0.2, 0.25) is 0 Å². The number of methoxy groups -OCH3 is 1. The van der Waals surface area contributed by atoms with Crippen molar-refractivity contribution in [2.24, 2.45) is 0 Å². The fraction of sp³-hybridized carbons (Fsp3) is 0.167. The Balaban J connectivity index is 2.05. The molecule has 3 aromatic rings. The molecule has 0 radical (unpaired) electrons. The molecule has 0 aliphatic carbocycles. The molecule has 0 aromatic heterocycles. The van der Waals surface area contributed by atoms with Crippen LogP contribution in [0.2, 0.25) is 10.0 Å². The maximum Gasteiger partial charge on any atom is 0.339 e. The lowest BCUT2D eigenvalue weighted by Crippen LogP contribution is -2.51. The van der Waals surface area contributed by atoms with Crippen molar-refractivity contribution >= 4 is 46.5 Å². The van der Waals surface area contributed by atoms with Crippen LogP contribution in [0.3, 0.4) is 0 Å². The summed E-state index contributed by atoms with van der Waals surface area (Å²) in [6.45, 7) is 2.41. The molecule has 3 aromatic carbocycles. The monoisotopic (exact) mass is 454 g/mol. The molecule has 0 fully saturated rings. The van der Waals surface area contributed by atoms with Gasteiger partial charge in [-0.1, -0.05) is 60.5 Å². The van der Waals surface area contributed by atoms with Crippen molar-refractivity contribution in [1.82, 2.24) is 5.32 Å². The zero-order valence-corrected chi connectivity index (χ0v) is 18.5. The van der Waals surface area contributed by atoms with Crippen LogP contribution in [0.5, 0.6) is 0 Å². The lowest BCUT2D eigenvalue weighted by Gasteiger charge is -2.31. The van der Waals surface area contributed by atoms with Crippen molar-refractivity contribution in [3.8, 4) is 0 Å². The number of carbonyl (C=O) groups is 2. The molecular weight excluding hydrogens is 435 g/mol. The van der Waals surface area contributed by atoms with E-state index in [-0.39, 0.29) is 11.5 Å². The predicted molar refractivity (Wildman–Crippen MR) is 122 cm³/mol. The minimum atomic E-state index is -1.27. The number of esters is 1. The summed E-state index contributed by atoms with van der Waals surface area (Å²) in [6.07, 6.45) is 0. The molecule has 1 aliphatic rings. The molecular formula is C24H20Cl2N2O3. The van der Waals surface area contributed by atoms with Crippen LogP contribution in [0.1, 0.15) is 28.4 Å². The molecule has 158 valence electrons. The highest BCUT2D eigenvalue weighted by Gasteiger charge is 2.53. The minimum Gasteiger partial charge on any atom is -0.465 e. The van der Waals surface area contributed by atoms with Gasteiger partial charge in [-0.2, -0.15) is 0 Å². The molecule has 7 heteroatoms. The Morgan fingerprint density at radius 2 is 1.71 bits per heavy atom. The molecule has 1 N–H and O–H groups in total. The first kappa shape index (κ1) is 21.4. The lowest BCUT2D eigenvalue weighted by atomic mass is 9.83. The summed E-state index contributed by atoms with van der Waals surface area (Å²) < 4.78 is 4.95. The third-order valence-corrected chi connectivity index (χ3v) is 5.96. The summed E-state index contributed by atoms with van der Waals surface area (Å²) in [4.78, 5) is 28.2. The normalized spacial score (nSPS) is 17.5. The van der Waals surface area contributed by atoms with Gasteiger partial charge in [0, 0.05) is 21.2 Å². The summed E-state index contributed by atoms with van der Waals surface area (Å²) in [5.74, 6) is -0.811. The summed E-state index contributed by atoms with van der Waals surface area (Å²) in [5, 5.41) is 4.30. The predicted octanol–water partition coefficient (Wildman–Crippen LogP) is 5.31. The maximum atomic E-state index is 14.2. The van der Waals surface area contributed by atoms with Crippen LogP contribution in [-0.4, -0.2) is 25.5 Å². The molecule has 1 unspecified atom stereocenters. The van der Waals surface area contributed by atoms with Crippen LogP contribution >= 0.6 is 23.2 Å². The van der Waals surface area contributed by atoms with Crippen molar-refractivity contribution in [2.75, 3.05) is 18.6 Å². The first-order chi connectivity index (χ1) is 15.0. The molecule has 0 bridgehead atoms. The van der Waals surface area contributed by atoms with Crippen molar-refractivity contribution in [3.05, 3.63) is 93.5 Å². The Morgan fingerprint density at radius 3 is 2.42 bits per heavy atom. The highest BCUT2D eigenvalue weighted by atomic mass is 35.5. The van der Waals surface area contributed by atoms with Crippen LogP contribution in [0, 0.1) is 0 Å². The quantitative estimate of drug-likeness (QED) is 0.530. The van der Waals surface area contributed by atoms with E-state index in [0.717, 1.165) is 0 Å². The Morgan fingerprint density at radius 1 is 1.00 bits per heavy atom. The van der Waals surface area contributed by atoms with Gasteiger partial charge in [-0.05, 0) is 42.9 Å². The molecule has 31 heavy (non-hydrogen) atoms. The summed E-state index contributed by atoms with van der Waals surface area (Å²) in [7, 11) is 1.31. The van der Waals surface area contributed by atoms with E-state index in [1.54, 1.807) is 48.5 Å². The number of likely N-dealkylation sites (N-methyl/N-ethyl adjacent to an activating group) is 1. The molecule has 0 spiro atoms. The van der Waals surface area contributed by atoms with Crippen molar-refractivity contribution < 1.29 is 14.3 Å². The summed E-state index contributed by atoms with van der Waals surface area (Å²) >= 11 is 12.9. The molecule has 1 atom stereocenters. The molecule has 0 saturated carbocycles. The number of nitrogens with one attached hydrogen (secondary N) is 1. The van der Waals surface area contributed by atoms with E-state index in [0.29, 0.717) is 39.1 Å². The van der Waals surface area contributed by atoms with Crippen LogP contribution in [0.15, 0.2) is 66.7 Å². The lowest BCUT2D eigenvalue weighted by molar-refractivity contribution is -0.122. The van der Waals surface area contributed by atoms with Gasteiger partial charge in [0.15, 0.2) is 5.54 Å². The Hall–Kier alpha value is -2.86. The smallest absolute Gasteiger partial charge is 0.339 e. The molecule has 5 nitrogen and oxygen atoms in total. The topological polar surface area (TPSA) is 58.6 Å². The van der Waals surface area contributed by atoms with Gasteiger partial charge in [-0.3, -0.25) is 15.0 Å². The Bertz CT molecular complexity index is 1180. The standard InChI is InChI=1S/C24H20Cl2N2O3/c1-3-27-24(17-9-5-6-10-19(17)26)18-14-15(25)12-13-21(18)28(23(24)30)20-11-7-4-8-16(20)22(29)31-2/h4-14,27H,3H2,1-2H3. The van der Waals surface area contributed by atoms with Crippen molar-refractivity contribution in [3.63, 3.8) is 0 Å². The number of nitrogens with zero attached hydrogens (tertiary/aromatic N) is 1. The summed E-state index contributed by atoms with van der Waals surface area (Å²) in [5.41, 5.74) is 1.34. The van der Waals surface area contributed by atoms with Gasteiger partial charge in [-0.25, -0.2) is 4.79 Å². The molecule has 1 aliphatic heterocycles. The zero-order chi connectivity index (χ0) is 22.2. The number of anilines is 2. The van der Waals surface area contributed by atoms with Crippen LogP contribution < -0.4 is 10.2 Å². The highest BCUT2D eigenvalue weighted by Crippen LogP contribution is 2.50. The number of para-hydroxylation sites is 1. The number of carbonyl (C=O) groups excluding carboxylic acids is 2. The largest absolute Gasteiger partial charge is 0.465 e. The number of amides is 1. The Labute approximate surface area is 190 Å². The molecule has 1 heterocycles.